The van der Waals surface area contributed by atoms with Crippen molar-refractivity contribution in [1.29, 1.82) is 0 Å². The van der Waals surface area contributed by atoms with Crippen LogP contribution in [0.25, 0.3) is 20.2 Å². The van der Waals surface area contributed by atoms with Crippen molar-refractivity contribution in [3.63, 3.8) is 0 Å². The molecule has 0 aliphatic heterocycles. The summed E-state index contributed by atoms with van der Waals surface area (Å²) in [5, 5.41) is 10.4. The summed E-state index contributed by atoms with van der Waals surface area (Å²) in [6, 6.07) is 10.5. The fraction of sp³-hybridized carbons (Fsp3) is 0.0667. The zero-order valence-corrected chi connectivity index (χ0v) is 11.0. The molecule has 19 heavy (non-hydrogen) atoms. The molecule has 0 saturated heterocycles. The van der Waals surface area contributed by atoms with Crippen molar-refractivity contribution in [3.8, 4) is 0 Å². The van der Waals surface area contributed by atoms with Crippen molar-refractivity contribution >= 4 is 37.5 Å². The van der Waals surface area contributed by atoms with Gasteiger partial charge >= 0.3 is 5.97 Å². The number of carbonyl (C=O) groups is 1. The highest BCUT2D eigenvalue weighted by Crippen LogP contribution is 2.29. The van der Waals surface area contributed by atoms with Crippen LogP contribution in [0.3, 0.4) is 0 Å². The van der Waals surface area contributed by atoms with Crippen LogP contribution >= 0.6 is 11.3 Å². The minimum absolute atomic E-state index is 0.0926. The zero-order chi connectivity index (χ0) is 13.6. The Morgan fingerprint density at radius 2 is 1.89 bits per heavy atom. The van der Waals surface area contributed by atoms with Crippen LogP contribution in [0, 0.1) is 6.92 Å². The number of aryl methyl sites for hydroxylation is 1. The second-order valence-electron chi connectivity index (χ2n) is 4.37. The van der Waals surface area contributed by atoms with Gasteiger partial charge in [-0.25, -0.2) is 4.79 Å². The molecule has 0 unspecified atom stereocenters. The molecule has 2 aromatic carbocycles. The summed E-state index contributed by atoms with van der Waals surface area (Å²) >= 11 is 1.35. The third-order valence-corrected chi connectivity index (χ3v) is 4.37. The molecule has 0 radical (unpaired) electrons. The second-order valence-corrected chi connectivity index (χ2v) is 5.42. The molecule has 1 aromatic heterocycles. The van der Waals surface area contributed by atoms with Gasteiger partial charge in [-0.15, -0.1) is 11.3 Å². The van der Waals surface area contributed by atoms with E-state index in [4.69, 9.17) is 0 Å². The minimum atomic E-state index is -1.00. The Balaban J connectivity index is 2.64. The molecule has 3 rings (SSSR count). The van der Waals surface area contributed by atoms with Gasteiger partial charge < -0.3 is 5.11 Å². The highest BCUT2D eigenvalue weighted by atomic mass is 32.1. The molecule has 0 fully saturated rings. The molecule has 1 N–H and O–H groups in total. The maximum atomic E-state index is 12.5. The Labute approximate surface area is 112 Å². The molecular formula is C15H10O3S. The Hall–Kier alpha value is -2.20. The van der Waals surface area contributed by atoms with Gasteiger partial charge in [-0.1, -0.05) is 18.2 Å². The maximum Gasteiger partial charge on any atom is 0.337 e. The van der Waals surface area contributed by atoms with Gasteiger partial charge in [-0.2, -0.15) is 0 Å². The first kappa shape index (κ1) is 11.9. The monoisotopic (exact) mass is 270 g/mol. The molecule has 0 atom stereocenters. The summed E-state index contributed by atoms with van der Waals surface area (Å²) in [5.74, 6) is -1.00. The third kappa shape index (κ3) is 1.72. The third-order valence-electron chi connectivity index (χ3n) is 3.17. The molecule has 0 aliphatic carbocycles. The molecule has 3 aromatic rings. The predicted octanol–water partition coefficient (Wildman–Crippen LogP) is 3.42. The van der Waals surface area contributed by atoms with Gasteiger partial charge in [-0.3, -0.25) is 4.79 Å². The van der Waals surface area contributed by atoms with Gasteiger partial charge in [-0.05, 0) is 30.7 Å². The summed E-state index contributed by atoms with van der Waals surface area (Å²) in [6.45, 7) is 1.83. The number of rotatable bonds is 1. The topological polar surface area (TPSA) is 54.4 Å². The smallest absolute Gasteiger partial charge is 0.337 e. The lowest BCUT2D eigenvalue weighted by Crippen LogP contribution is -2.06. The molecule has 3 nitrogen and oxygen atoms in total. The summed E-state index contributed by atoms with van der Waals surface area (Å²) in [4.78, 5) is 23.8. The highest BCUT2D eigenvalue weighted by Gasteiger charge is 2.15. The Morgan fingerprint density at radius 1 is 1.16 bits per heavy atom. The van der Waals surface area contributed by atoms with Gasteiger partial charge in [0.25, 0.3) is 0 Å². The molecule has 0 amide bonds. The zero-order valence-electron chi connectivity index (χ0n) is 10.1. The van der Waals surface area contributed by atoms with E-state index < -0.39 is 5.97 Å². The predicted molar refractivity (Wildman–Crippen MR) is 77.3 cm³/mol. The Kier molecular flexibility index (Phi) is 2.61. The normalized spacial score (nSPS) is 11.0. The lowest BCUT2D eigenvalue weighted by atomic mass is 10.1. The quantitative estimate of drug-likeness (QED) is 0.689. The van der Waals surface area contributed by atoms with Gasteiger partial charge in [0.15, 0.2) is 5.43 Å². The number of hydrogen-bond donors (Lipinski definition) is 1. The summed E-state index contributed by atoms with van der Waals surface area (Å²) < 4.78 is 1.37. The van der Waals surface area contributed by atoms with E-state index in [1.807, 2.05) is 25.1 Å². The van der Waals surface area contributed by atoms with Crippen LogP contribution in [0.4, 0.5) is 0 Å². The largest absolute Gasteiger partial charge is 0.478 e. The number of carboxylic acids is 1. The molecule has 0 spiro atoms. The maximum absolute atomic E-state index is 12.5. The molecule has 1 heterocycles. The van der Waals surface area contributed by atoms with Crippen LogP contribution in [-0.4, -0.2) is 11.1 Å². The fourth-order valence-electron chi connectivity index (χ4n) is 2.23. The lowest BCUT2D eigenvalue weighted by Gasteiger charge is -2.06. The van der Waals surface area contributed by atoms with Gasteiger partial charge in [0, 0.05) is 15.5 Å². The van der Waals surface area contributed by atoms with E-state index in [0.29, 0.717) is 15.5 Å². The Bertz CT molecular complexity index is 878. The number of benzene rings is 2. The first-order chi connectivity index (χ1) is 9.09. The van der Waals surface area contributed by atoms with Crippen LogP contribution in [0.5, 0.6) is 0 Å². The molecular weight excluding hydrogens is 260 g/mol. The molecule has 0 bridgehead atoms. The number of fused-ring (bicyclic) bond motifs is 2. The Morgan fingerprint density at radius 3 is 2.63 bits per heavy atom. The van der Waals surface area contributed by atoms with Gasteiger partial charge in [0.1, 0.15) is 0 Å². The fourth-order valence-corrected chi connectivity index (χ4v) is 3.48. The highest BCUT2D eigenvalue weighted by molar-refractivity contribution is 7.24. The van der Waals surface area contributed by atoms with E-state index in [9.17, 15) is 14.7 Å². The van der Waals surface area contributed by atoms with Crippen LogP contribution in [-0.2, 0) is 0 Å². The van der Waals surface area contributed by atoms with Crippen LogP contribution in [0.1, 0.15) is 15.9 Å². The average molecular weight is 270 g/mol. The van der Waals surface area contributed by atoms with Gasteiger partial charge in [0.2, 0.25) is 0 Å². The standard InChI is InChI=1S/C15H10O3S/c1-8-6-7-10(15(17)18)14-12(8)13(16)9-4-2-3-5-11(9)19-14/h2-7H,1H3,(H,17,18). The summed E-state index contributed by atoms with van der Waals surface area (Å²) in [6.07, 6.45) is 0. The molecule has 94 valence electrons. The van der Waals surface area contributed by atoms with Crippen molar-refractivity contribution in [2.45, 2.75) is 6.92 Å². The molecule has 0 aliphatic rings. The van der Waals surface area contributed by atoms with Crippen molar-refractivity contribution < 1.29 is 9.90 Å². The summed E-state index contributed by atoms with van der Waals surface area (Å²) in [7, 11) is 0. The number of hydrogen-bond acceptors (Lipinski definition) is 3. The van der Waals surface area contributed by atoms with Crippen LogP contribution in [0.2, 0.25) is 0 Å². The van der Waals surface area contributed by atoms with E-state index in [2.05, 4.69) is 0 Å². The van der Waals surface area contributed by atoms with Crippen molar-refractivity contribution in [3.05, 3.63) is 57.7 Å². The second kappa shape index (κ2) is 4.17. The van der Waals surface area contributed by atoms with Crippen molar-refractivity contribution in [2.24, 2.45) is 0 Å². The van der Waals surface area contributed by atoms with Crippen molar-refractivity contribution in [1.82, 2.24) is 0 Å². The molecule has 4 heteroatoms. The van der Waals surface area contributed by atoms with E-state index in [1.54, 1.807) is 18.2 Å². The van der Waals surface area contributed by atoms with Crippen molar-refractivity contribution in [2.75, 3.05) is 0 Å². The van der Waals surface area contributed by atoms with Gasteiger partial charge in [0.05, 0.1) is 10.3 Å². The first-order valence-electron chi connectivity index (χ1n) is 5.78. The average Bonchev–Trinajstić information content (AvgIpc) is 2.38. The van der Waals surface area contributed by atoms with E-state index >= 15 is 0 Å². The van der Waals surface area contributed by atoms with E-state index in [-0.39, 0.29) is 11.0 Å². The van der Waals surface area contributed by atoms with Crippen LogP contribution < -0.4 is 5.43 Å². The number of aromatic carboxylic acids is 1. The van der Waals surface area contributed by atoms with Crippen LogP contribution in [0.15, 0.2) is 41.2 Å². The first-order valence-corrected chi connectivity index (χ1v) is 6.59. The van der Waals surface area contributed by atoms with E-state index in [0.717, 1.165) is 10.3 Å². The van der Waals surface area contributed by atoms with E-state index in [1.165, 1.54) is 11.3 Å². The summed E-state index contributed by atoms with van der Waals surface area (Å²) in [5.41, 5.74) is 0.908. The minimum Gasteiger partial charge on any atom is -0.478 e. The SMILES string of the molecule is Cc1ccc(C(=O)O)c2sc3ccccc3c(=O)c12. The molecule has 0 saturated carbocycles. The number of carboxylic acid groups (broad SMARTS) is 1. The lowest BCUT2D eigenvalue weighted by molar-refractivity contribution is 0.0699.